The first-order valence-corrected chi connectivity index (χ1v) is 11.4. The highest BCUT2D eigenvalue weighted by Gasteiger charge is 2.12. The summed E-state index contributed by atoms with van der Waals surface area (Å²) in [5, 5.41) is 5.27. The van der Waals surface area contributed by atoms with Gasteiger partial charge < -0.3 is 20.9 Å². The highest BCUT2D eigenvalue weighted by atomic mass is 19.1. The van der Waals surface area contributed by atoms with Crippen molar-refractivity contribution in [1.29, 1.82) is 0 Å². The second-order valence-corrected chi connectivity index (χ2v) is 7.10. The number of hydrogen-bond acceptors (Lipinski definition) is 4. The SMILES string of the molecule is C=CC(=C)F.C=CC=C.CCCC(=O)Nc1ccc(C)n(CC(=O)NCc2ccc(F)cc2)c1=O.CN. The summed E-state index contributed by atoms with van der Waals surface area (Å²) in [6, 6.07) is 9.01. The average molecular weight is 517 g/mol. The van der Waals surface area contributed by atoms with E-state index in [1.54, 1.807) is 37.3 Å². The Morgan fingerprint density at radius 1 is 1.03 bits per heavy atom. The molecule has 1 heterocycles. The Labute approximate surface area is 218 Å². The highest BCUT2D eigenvalue weighted by Crippen LogP contribution is 2.05. The quantitative estimate of drug-likeness (QED) is 0.411. The van der Waals surface area contributed by atoms with Crippen LogP contribution in [0.2, 0.25) is 0 Å². The smallest absolute Gasteiger partial charge is 0.274 e. The van der Waals surface area contributed by atoms with E-state index in [0.717, 1.165) is 11.6 Å². The van der Waals surface area contributed by atoms with Crippen molar-refractivity contribution in [3.8, 4) is 0 Å². The Bertz CT molecular complexity index is 1070. The molecule has 4 N–H and O–H groups in total. The van der Waals surface area contributed by atoms with Crippen molar-refractivity contribution in [1.82, 2.24) is 9.88 Å². The number of aromatic nitrogens is 1. The van der Waals surface area contributed by atoms with E-state index in [4.69, 9.17) is 0 Å². The summed E-state index contributed by atoms with van der Waals surface area (Å²) in [5.74, 6) is -1.41. The molecule has 0 atom stereocenters. The van der Waals surface area contributed by atoms with Crippen LogP contribution < -0.4 is 21.9 Å². The molecular formula is C28H38F2N4O3. The lowest BCUT2D eigenvalue weighted by molar-refractivity contribution is -0.122. The summed E-state index contributed by atoms with van der Waals surface area (Å²) < 4.78 is 25.3. The van der Waals surface area contributed by atoms with E-state index >= 15 is 0 Å². The minimum Gasteiger partial charge on any atom is -0.350 e. The van der Waals surface area contributed by atoms with Crippen molar-refractivity contribution in [2.45, 2.75) is 39.8 Å². The van der Waals surface area contributed by atoms with E-state index in [1.807, 2.05) is 6.92 Å². The lowest BCUT2D eigenvalue weighted by Gasteiger charge is -2.13. The van der Waals surface area contributed by atoms with Crippen LogP contribution in [0, 0.1) is 12.7 Å². The van der Waals surface area contributed by atoms with E-state index in [2.05, 4.69) is 42.7 Å². The number of pyridine rings is 1. The molecule has 0 aliphatic carbocycles. The van der Waals surface area contributed by atoms with Gasteiger partial charge in [-0.2, -0.15) is 0 Å². The topological polar surface area (TPSA) is 106 Å². The van der Waals surface area contributed by atoms with Crippen LogP contribution in [0.15, 0.2) is 91.6 Å². The number of anilines is 1. The predicted octanol–water partition coefficient (Wildman–Crippen LogP) is 4.94. The standard InChI is InChI=1S/C19H22FN3O3.C4H5F.C4H6.CH5N/c1-3-4-17(24)22-16-10-5-13(2)23(19(16)26)12-18(25)21-11-14-6-8-15(20)9-7-14;1-3-4(2)5;1-3-4-2;1-2/h5-10H,3-4,11-12H2,1-2H3,(H,21,25)(H,22,24);3H,1-2H2;3-4H,1-2H2;2H2,1H3. The summed E-state index contributed by atoms with van der Waals surface area (Å²) in [4.78, 5) is 36.4. The van der Waals surface area contributed by atoms with Gasteiger partial charge in [0.05, 0.1) is 0 Å². The van der Waals surface area contributed by atoms with Crippen LogP contribution in [0.25, 0.3) is 0 Å². The van der Waals surface area contributed by atoms with Gasteiger partial charge in [-0.25, -0.2) is 8.78 Å². The molecule has 0 aliphatic rings. The van der Waals surface area contributed by atoms with Gasteiger partial charge in [0.25, 0.3) is 5.56 Å². The summed E-state index contributed by atoms with van der Waals surface area (Å²) in [5.41, 5.74) is 5.59. The number of nitrogens with one attached hydrogen (secondary N) is 2. The molecule has 0 bridgehead atoms. The van der Waals surface area contributed by atoms with E-state index < -0.39 is 11.4 Å². The van der Waals surface area contributed by atoms with Crippen LogP contribution in [0.3, 0.4) is 0 Å². The normalized spacial score (nSPS) is 8.92. The molecule has 2 aromatic rings. The molecule has 0 fully saturated rings. The average Bonchev–Trinajstić information content (AvgIpc) is 2.89. The first-order valence-electron chi connectivity index (χ1n) is 11.4. The van der Waals surface area contributed by atoms with Crippen LogP contribution >= 0.6 is 0 Å². The fourth-order valence-corrected chi connectivity index (χ4v) is 2.40. The second kappa shape index (κ2) is 21.2. The Balaban J connectivity index is 0. The van der Waals surface area contributed by atoms with Crippen LogP contribution in [0.1, 0.15) is 31.0 Å². The Kier molecular flexibility index (Phi) is 20.1. The van der Waals surface area contributed by atoms with E-state index in [1.165, 1.54) is 29.8 Å². The lowest BCUT2D eigenvalue weighted by atomic mass is 10.2. The van der Waals surface area contributed by atoms with Crippen LogP contribution in [-0.2, 0) is 22.7 Å². The zero-order valence-electron chi connectivity index (χ0n) is 21.9. The molecule has 0 radical (unpaired) electrons. The Morgan fingerprint density at radius 2 is 1.57 bits per heavy atom. The maximum absolute atomic E-state index is 12.9. The molecule has 0 unspecified atom stereocenters. The number of nitrogens with two attached hydrogens (primary N) is 1. The van der Waals surface area contributed by atoms with Gasteiger partial charge in [-0.1, -0.05) is 57.5 Å². The van der Waals surface area contributed by atoms with Gasteiger partial charge in [0.2, 0.25) is 11.8 Å². The van der Waals surface area contributed by atoms with Crippen LogP contribution in [0.4, 0.5) is 14.5 Å². The van der Waals surface area contributed by atoms with Gasteiger partial charge >= 0.3 is 0 Å². The first-order chi connectivity index (χ1) is 17.6. The van der Waals surface area contributed by atoms with Gasteiger partial charge in [-0.05, 0) is 56.3 Å². The highest BCUT2D eigenvalue weighted by molar-refractivity contribution is 5.90. The van der Waals surface area contributed by atoms with Crippen molar-refractivity contribution >= 4 is 17.5 Å². The number of rotatable bonds is 9. The third kappa shape index (κ3) is 16.2. The number of aryl methyl sites for hydroxylation is 1. The fourth-order valence-electron chi connectivity index (χ4n) is 2.40. The number of halogens is 2. The largest absolute Gasteiger partial charge is 0.350 e. The molecule has 1 aromatic carbocycles. The zero-order chi connectivity index (χ0) is 28.8. The number of carbonyl (C=O) groups is 2. The van der Waals surface area contributed by atoms with Gasteiger partial charge in [0.1, 0.15) is 23.9 Å². The maximum atomic E-state index is 12.9. The van der Waals surface area contributed by atoms with Crippen molar-refractivity contribution < 1.29 is 18.4 Å². The molecule has 1 aromatic heterocycles. The van der Waals surface area contributed by atoms with E-state index in [-0.39, 0.29) is 36.4 Å². The third-order valence-electron chi connectivity index (χ3n) is 4.24. The number of nitrogens with zero attached hydrogens (tertiary/aromatic N) is 1. The molecule has 0 saturated carbocycles. The zero-order valence-corrected chi connectivity index (χ0v) is 21.9. The van der Waals surface area contributed by atoms with Crippen molar-refractivity contribution in [2.75, 3.05) is 12.4 Å². The van der Waals surface area contributed by atoms with Gasteiger partial charge in [-0.15, -0.1) is 0 Å². The summed E-state index contributed by atoms with van der Waals surface area (Å²) in [7, 11) is 1.50. The van der Waals surface area contributed by atoms with Gasteiger partial charge in [0, 0.05) is 18.7 Å². The maximum Gasteiger partial charge on any atom is 0.274 e. The van der Waals surface area contributed by atoms with Crippen molar-refractivity contribution in [3.63, 3.8) is 0 Å². The molecule has 0 spiro atoms. The predicted molar refractivity (Wildman–Crippen MR) is 148 cm³/mol. The third-order valence-corrected chi connectivity index (χ3v) is 4.24. The minimum atomic E-state index is -0.481. The van der Waals surface area contributed by atoms with E-state index in [0.29, 0.717) is 18.5 Å². The molecular weight excluding hydrogens is 478 g/mol. The number of hydrogen-bond donors (Lipinski definition) is 3. The minimum absolute atomic E-state index is 0.153. The number of carbonyl (C=O) groups excluding carboxylic acids is 2. The first kappa shape index (κ1) is 35.1. The second-order valence-electron chi connectivity index (χ2n) is 7.10. The fraction of sp³-hybridized carbons (Fsp3) is 0.250. The molecule has 2 amide bonds. The summed E-state index contributed by atoms with van der Waals surface area (Å²) in [6.45, 7) is 16.4. The summed E-state index contributed by atoms with van der Waals surface area (Å²) >= 11 is 0. The molecule has 0 saturated heterocycles. The Hall–Kier alpha value is -4.11. The Morgan fingerprint density at radius 3 is 2.03 bits per heavy atom. The molecule has 37 heavy (non-hydrogen) atoms. The van der Waals surface area contributed by atoms with Crippen LogP contribution in [0.5, 0.6) is 0 Å². The monoisotopic (exact) mass is 516 g/mol. The van der Waals surface area contributed by atoms with Crippen LogP contribution in [-0.4, -0.2) is 23.4 Å². The number of benzene rings is 1. The molecule has 7 nitrogen and oxygen atoms in total. The van der Waals surface area contributed by atoms with E-state index in [9.17, 15) is 23.2 Å². The van der Waals surface area contributed by atoms with Crippen molar-refractivity contribution in [3.05, 3.63) is 114 Å². The molecule has 2 rings (SSSR count). The number of allylic oxidation sites excluding steroid dienone is 4. The summed E-state index contributed by atoms with van der Waals surface area (Å²) in [6.07, 6.45) is 5.34. The van der Waals surface area contributed by atoms with Crippen molar-refractivity contribution in [2.24, 2.45) is 5.73 Å². The lowest BCUT2D eigenvalue weighted by Crippen LogP contribution is -2.34. The van der Waals surface area contributed by atoms with Gasteiger partial charge in [0.15, 0.2) is 0 Å². The molecule has 202 valence electrons. The molecule has 0 aliphatic heterocycles. The molecule has 9 heteroatoms. The number of amides is 2. The van der Waals surface area contributed by atoms with Gasteiger partial charge in [-0.3, -0.25) is 14.4 Å².